The monoisotopic (exact) mass is 318 g/mol. The summed E-state index contributed by atoms with van der Waals surface area (Å²) in [5.41, 5.74) is 7.08. The van der Waals surface area contributed by atoms with Crippen molar-refractivity contribution >= 4 is 29.2 Å². The predicted molar refractivity (Wildman–Crippen MR) is 81.4 cm³/mol. The number of anilines is 1. The van der Waals surface area contributed by atoms with E-state index in [9.17, 15) is 9.90 Å². The van der Waals surface area contributed by atoms with E-state index in [0.717, 1.165) is 5.56 Å². The lowest BCUT2D eigenvalue weighted by molar-refractivity contribution is 0.0698. The molecule has 2 heterocycles. The fourth-order valence-electron chi connectivity index (χ4n) is 2.16. The Morgan fingerprint density at radius 1 is 1.36 bits per heavy atom. The molecule has 0 aliphatic carbocycles. The summed E-state index contributed by atoms with van der Waals surface area (Å²) in [7, 11) is 1.52. The molecule has 0 amide bonds. The number of nitrogens with zero attached hydrogens (tertiary/aromatic N) is 3. The molecule has 7 nitrogen and oxygen atoms in total. The number of benzene rings is 1. The first-order valence-corrected chi connectivity index (χ1v) is 6.60. The van der Waals surface area contributed by atoms with Gasteiger partial charge in [0.15, 0.2) is 5.65 Å². The van der Waals surface area contributed by atoms with Crippen molar-refractivity contribution in [3.63, 3.8) is 0 Å². The van der Waals surface area contributed by atoms with Gasteiger partial charge in [0.25, 0.3) is 0 Å². The third-order valence-electron chi connectivity index (χ3n) is 3.17. The number of hydrogen-bond acceptors (Lipinski definition) is 5. The van der Waals surface area contributed by atoms with Crippen molar-refractivity contribution in [2.24, 2.45) is 0 Å². The molecule has 0 radical (unpaired) electrons. The second kappa shape index (κ2) is 5.19. The van der Waals surface area contributed by atoms with Gasteiger partial charge in [-0.2, -0.15) is 4.98 Å². The Balaban J connectivity index is 2.22. The average molecular weight is 319 g/mol. The van der Waals surface area contributed by atoms with Gasteiger partial charge in [0.05, 0.1) is 12.1 Å². The number of nitrogen functional groups attached to an aromatic ring is 1. The van der Waals surface area contributed by atoms with Crippen LogP contribution in [0, 0.1) is 0 Å². The van der Waals surface area contributed by atoms with Gasteiger partial charge in [-0.3, -0.25) is 0 Å². The maximum absolute atomic E-state index is 11.4. The van der Waals surface area contributed by atoms with Crippen LogP contribution < -0.4 is 10.5 Å². The van der Waals surface area contributed by atoms with Gasteiger partial charge in [-0.05, 0) is 23.8 Å². The van der Waals surface area contributed by atoms with Crippen molar-refractivity contribution in [3.05, 3.63) is 41.0 Å². The SMILES string of the molecule is COc1ccc(-c2cc(C(=O)O)c3nc(N)nn3c2)cc1Cl. The summed E-state index contributed by atoms with van der Waals surface area (Å²) in [6, 6.07) is 6.67. The van der Waals surface area contributed by atoms with E-state index in [4.69, 9.17) is 22.1 Å². The molecule has 8 heteroatoms. The summed E-state index contributed by atoms with van der Waals surface area (Å²) < 4.78 is 6.44. The molecule has 0 aliphatic heterocycles. The third kappa shape index (κ3) is 2.31. The first-order valence-electron chi connectivity index (χ1n) is 6.22. The number of hydrogen-bond donors (Lipinski definition) is 2. The Bertz CT molecular complexity index is 891. The smallest absolute Gasteiger partial charge is 0.339 e. The highest BCUT2D eigenvalue weighted by Gasteiger charge is 2.15. The van der Waals surface area contributed by atoms with Crippen LogP contribution in [0.4, 0.5) is 5.95 Å². The molecule has 0 atom stereocenters. The molecule has 3 N–H and O–H groups in total. The number of nitrogens with two attached hydrogens (primary N) is 1. The summed E-state index contributed by atoms with van der Waals surface area (Å²) in [5, 5.41) is 13.7. The predicted octanol–water partition coefficient (Wildman–Crippen LogP) is 2.34. The summed E-state index contributed by atoms with van der Waals surface area (Å²) in [6.07, 6.45) is 1.64. The molecule has 0 saturated heterocycles. The summed E-state index contributed by atoms with van der Waals surface area (Å²) in [4.78, 5) is 15.3. The minimum Gasteiger partial charge on any atom is -0.495 e. The lowest BCUT2D eigenvalue weighted by atomic mass is 10.1. The standard InChI is InChI=1S/C14H11ClN4O3/c1-22-11-3-2-7(5-10(11)15)8-4-9(13(20)21)12-17-14(16)18-19(12)6-8/h2-6H,1H3,(H2,16,18)(H,20,21). The van der Waals surface area contributed by atoms with Crippen LogP contribution in [-0.4, -0.2) is 32.8 Å². The first-order chi connectivity index (χ1) is 10.5. The number of pyridine rings is 1. The number of carbonyl (C=O) groups is 1. The number of fused-ring (bicyclic) bond motifs is 1. The van der Waals surface area contributed by atoms with Crippen molar-refractivity contribution in [2.75, 3.05) is 12.8 Å². The van der Waals surface area contributed by atoms with Crippen molar-refractivity contribution in [1.82, 2.24) is 14.6 Å². The van der Waals surface area contributed by atoms with Crippen LogP contribution in [0.25, 0.3) is 16.8 Å². The Hall–Kier alpha value is -2.80. The zero-order valence-electron chi connectivity index (χ0n) is 11.4. The third-order valence-corrected chi connectivity index (χ3v) is 3.46. The van der Waals surface area contributed by atoms with E-state index in [2.05, 4.69) is 10.1 Å². The zero-order valence-corrected chi connectivity index (χ0v) is 12.2. The van der Waals surface area contributed by atoms with Gasteiger partial charge in [0.2, 0.25) is 5.95 Å². The molecule has 3 aromatic rings. The van der Waals surface area contributed by atoms with Crippen LogP contribution in [0.2, 0.25) is 5.02 Å². The molecule has 0 aliphatic rings. The van der Waals surface area contributed by atoms with Crippen molar-refractivity contribution in [1.29, 1.82) is 0 Å². The van der Waals surface area contributed by atoms with Crippen LogP contribution in [-0.2, 0) is 0 Å². The number of halogens is 1. The molecular formula is C14H11ClN4O3. The van der Waals surface area contributed by atoms with Crippen LogP contribution in [0.15, 0.2) is 30.5 Å². The van der Waals surface area contributed by atoms with Gasteiger partial charge in [0.1, 0.15) is 11.3 Å². The van der Waals surface area contributed by atoms with Gasteiger partial charge < -0.3 is 15.6 Å². The number of ether oxygens (including phenoxy) is 1. The van der Waals surface area contributed by atoms with E-state index >= 15 is 0 Å². The highest BCUT2D eigenvalue weighted by atomic mass is 35.5. The van der Waals surface area contributed by atoms with E-state index in [-0.39, 0.29) is 17.2 Å². The Labute approximate surface area is 129 Å². The van der Waals surface area contributed by atoms with Crippen molar-refractivity contribution < 1.29 is 14.6 Å². The molecule has 2 aromatic heterocycles. The molecule has 0 saturated carbocycles. The second-order valence-electron chi connectivity index (χ2n) is 4.54. The Kier molecular flexibility index (Phi) is 3.34. The second-order valence-corrected chi connectivity index (χ2v) is 4.94. The maximum Gasteiger partial charge on any atom is 0.339 e. The number of carboxylic acids is 1. The molecule has 3 rings (SSSR count). The number of aromatic nitrogens is 3. The lowest BCUT2D eigenvalue weighted by Crippen LogP contribution is -2.02. The topological polar surface area (TPSA) is 103 Å². The molecule has 1 aromatic carbocycles. The van der Waals surface area contributed by atoms with Crippen LogP contribution in [0.3, 0.4) is 0 Å². The van der Waals surface area contributed by atoms with E-state index in [0.29, 0.717) is 16.3 Å². The summed E-state index contributed by atoms with van der Waals surface area (Å²) in [6.45, 7) is 0. The van der Waals surface area contributed by atoms with Crippen LogP contribution in [0.1, 0.15) is 10.4 Å². The fraction of sp³-hybridized carbons (Fsp3) is 0.0714. The van der Waals surface area contributed by atoms with Gasteiger partial charge in [-0.1, -0.05) is 17.7 Å². The normalized spacial score (nSPS) is 10.8. The van der Waals surface area contributed by atoms with Gasteiger partial charge in [-0.25, -0.2) is 9.31 Å². The largest absolute Gasteiger partial charge is 0.495 e. The Morgan fingerprint density at radius 3 is 2.77 bits per heavy atom. The summed E-state index contributed by atoms with van der Waals surface area (Å²) in [5.74, 6) is -0.568. The minimum atomic E-state index is -1.11. The van der Waals surface area contributed by atoms with Gasteiger partial charge in [-0.15, -0.1) is 5.10 Å². The van der Waals surface area contributed by atoms with E-state index in [1.54, 1.807) is 24.4 Å². The van der Waals surface area contributed by atoms with Crippen LogP contribution >= 0.6 is 11.6 Å². The number of carboxylic acid groups (broad SMARTS) is 1. The lowest BCUT2D eigenvalue weighted by Gasteiger charge is -2.08. The first kappa shape index (κ1) is 14.2. The van der Waals surface area contributed by atoms with Crippen molar-refractivity contribution in [3.8, 4) is 16.9 Å². The quantitative estimate of drug-likeness (QED) is 0.768. The Morgan fingerprint density at radius 2 is 2.14 bits per heavy atom. The van der Waals surface area contributed by atoms with E-state index in [1.165, 1.54) is 17.7 Å². The van der Waals surface area contributed by atoms with E-state index in [1.807, 2.05) is 0 Å². The highest BCUT2D eigenvalue weighted by molar-refractivity contribution is 6.32. The fourth-order valence-corrected chi connectivity index (χ4v) is 2.42. The van der Waals surface area contributed by atoms with Gasteiger partial charge in [0, 0.05) is 11.8 Å². The summed E-state index contributed by atoms with van der Waals surface area (Å²) >= 11 is 6.11. The van der Waals surface area contributed by atoms with Gasteiger partial charge >= 0.3 is 5.97 Å². The molecule has 0 spiro atoms. The minimum absolute atomic E-state index is 0.00686. The van der Waals surface area contributed by atoms with Crippen molar-refractivity contribution in [2.45, 2.75) is 0 Å². The number of rotatable bonds is 3. The molecule has 22 heavy (non-hydrogen) atoms. The number of aromatic carboxylic acids is 1. The zero-order chi connectivity index (χ0) is 15.9. The number of methoxy groups -OCH3 is 1. The molecule has 0 unspecified atom stereocenters. The average Bonchev–Trinajstić information content (AvgIpc) is 2.85. The molecule has 112 valence electrons. The van der Waals surface area contributed by atoms with Crippen LogP contribution in [0.5, 0.6) is 5.75 Å². The molecular weight excluding hydrogens is 308 g/mol. The molecule has 0 bridgehead atoms. The maximum atomic E-state index is 11.4. The molecule has 0 fully saturated rings. The van der Waals surface area contributed by atoms with E-state index < -0.39 is 5.97 Å². The highest BCUT2D eigenvalue weighted by Crippen LogP contribution is 2.31.